The van der Waals surface area contributed by atoms with Crippen molar-refractivity contribution in [3.05, 3.63) is 10.0 Å². The molecule has 1 aromatic heterocycles. The molecule has 0 atom stereocenters. The van der Waals surface area contributed by atoms with Gasteiger partial charge < -0.3 is 15.9 Å². The van der Waals surface area contributed by atoms with Gasteiger partial charge in [-0.3, -0.25) is 0 Å². The summed E-state index contributed by atoms with van der Waals surface area (Å²) in [5, 5.41) is 28.7. The Morgan fingerprint density at radius 3 is 2.14 bits per heavy atom. The quantitative estimate of drug-likeness (QED) is 0.513. The lowest BCUT2D eigenvalue weighted by Gasteiger charge is -2.23. The maximum Gasteiger partial charge on any atom is 0.117 e. The van der Waals surface area contributed by atoms with Gasteiger partial charge >= 0.3 is 0 Å². The minimum Gasteiger partial charge on any atom is -0.394 e. The van der Waals surface area contributed by atoms with Crippen molar-refractivity contribution in [1.29, 1.82) is 0 Å². The number of nitrogens with two attached hydrogens (primary N) is 1. The molecule has 0 aliphatic heterocycles. The van der Waals surface area contributed by atoms with Crippen LogP contribution in [-0.2, 0) is 12.8 Å². The van der Waals surface area contributed by atoms with Gasteiger partial charge in [-0.25, -0.2) is 0 Å². The van der Waals surface area contributed by atoms with Crippen LogP contribution in [0.25, 0.3) is 0 Å². The van der Waals surface area contributed by atoms with Gasteiger partial charge in [0.05, 0.1) is 18.8 Å². The molecular formula is C15H29N3O2S. The molecule has 5 nitrogen and oxygen atoms in total. The SMILES string of the molecule is CCCCCCCCc1nnc(CCC(N)(CO)CO)s1. The molecule has 0 saturated heterocycles. The topological polar surface area (TPSA) is 92.3 Å². The number of aryl methyl sites for hydroxylation is 2. The van der Waals surface area contributed by atoms with Gasteiger partial charge in [0.2, 0.25) is 0 Å². The molecule has 0 radical (unpaired) electrons. The van der Waals surface area contributed by atoms with Gasteiger partial charge in [-0.05, 0) is 12.8 Å². The Morgan fingerprint density at radius 1 is 0.952 bits per heavy atom. The summed E-state index contributed by atoms with van der Waals surface area (Å²) in [6, 6.07) is 0. The zero-order chi connectivity index (χ0) is 15.6. The minimum absolute atomic E-state index is 0.215. The molecule has 0 aliphatic rings. The first-order valence-corrected chi connectivity index (χ1v) is 8.77. The fourth-order valence-corrected chi connectivity index (χ4v) is 3.00. The van der Waals surface area contributed by atoms with Gasteiger partial charge in [-0.1, -0.05) is 39.0 Å². The van der Waals surface area contributed by atoms with Gasteiger partial charge in [0, 0.05) is 12.8 Å². The molecule has 21 heavy (non-hydrogen) atoms. The molecule has 1 aromatic rings. The summed E-state index contributed by atoms with van der Waals surface area (Å²) in [6.45, 7) is 1.80. The van der Waals surface area contributed by atoms with E-state index in [-0.39, 0.29) is 13.2 Å². The Balaban J connectivity index is 2.23. The zero-order valence-electron chi connectivity index (χ0n) is 13.1. The van der Waals surface area contributed by atoms with Gasteiger partial charge in [-0.2, -0.15) is 0 Å². The van der Waals surface area contributed by atoms with Crippen LogP contribution in [0.2, 0.25) is 0 Å². The molecule has 0 fully saturated rings. The van der Waals surface area contributed by atoms with Crippen molar-refractivity contribution in [2.24, 2.45) is 5.73 Å². The fraction of sp³-hybridized carbons (Fsp3) is 0.867. The fourth-order valence-electron chi connectivity index (χ4n) is 2.11. The van der Waals surface area contributed by atoms with E-state index in [9.17, 15) is 0 Å². The summed E-state index contributed by atoms with van der Waals surface area (Å²) < 4.78 is 0. The standard InChI is InChI=1S/C15H29N3O2S/c1-2-3-4-5-6-7-8-13-17-18-14(21-13)9-10-15(16,11-19)12-20/h19-20H,2-12,16H2,1H3. The Kier molecular flexibility index (Phi) is 8.99. The molecule has 0 aliphatic carbocycles. The number of nitrogens with zero attached hydrogens (tertiary/aromatic N) is 2. The highest BCUT2D eigenvalue weighted by Crippen LogP contribution is 2.18. The first-order chi connectivity index (χ1) is 10.1. The third-order valence-electron chi connectivity index (χ3n) is 3.72. The van der Waals surface area contributed by atoms with E-state index in [0.717, 1.165) is 16.4 Å². The average molecular weight is 315 g/mol. The van der Waals surface area contributed by atoms with E-state index in [1.807, 2.05) is 0 Å². The highest BCUT2D eigenvalue weighted by molar-refractivity contribution is 7.11. The van der Waals surface area contributed by atoms with Crippen LogP contribution in [0, 0.1) is 0 Å². The van der Waals surface area contributed by atoms with Crippen molar-refractivity contribution < 1.29 is 10.2 Å². The number of aliphatic hydroxyl groups is 2. The van der Waals surface area contributed by atoms with Crippen molar-refractivity contribution in [3.63, 3.8) is 0 Å². The van der Waals surface area contributed by atoms with Crippen LogP contribution >= 0.6 is 11.3 Å². The maximum absolute atomic E-state index is 9.16. The number of hydrogen-bond donors (Lipinski definition) is 3. The van der Waals surface area contributed by atoms with Crippen molar-refractivity contribution in [3.8, 4) is 0 Å². The summed E-state index contributed by atoms with van der Waals surface area (Å²) in [5.74, 6) is 0. The average Bonchev–Trinajstić information content (AvgIpc) is 2.96. The normalized spacial score (nSPS) is 12.0. The number of unbranched alkanes of at least 4 members (excludes halogenated alkanes) is 5. The number of aromatic nitrogens is 2. The number of hydrogen-bond acceptors (Lipinski definition) is 6. The van der Waals surface area contributed by atoms with Crippen LogP contribution < -0.4 is 5.73 Å². The summed E-state index contributed by atoms with van der Waals surface area (Å²) in [5.41, 5.74) is 4.93. The lowest BCUT2D eigenvalue weighted by atomic mass is 9.97. The van der Waals surface area contributed by atoms with Crippen LogP contribution in [0.5, 0.6) is 0 Å². The molecular weight excluding hydrogens is 286 g/mol. The van der Waals surface area contributed by atoms with E-state index in [1.54, 1.807) is 11.3 Å². The Hall–Kier alpha value is -0.560. The van der Waals surface area contributed by atoms with Crippen LogP contribution in [0.3, 0.4) is 0 Å². The van der Waals surface area contributed by atoms with E-state index in [4.69, 9.17) is 15.9 Å². The minimum atomic E-state index is -0.912. The van der Waals surface area contributed by atoms with Gasteiger partial charge in [-0.15, -0.1) is 21.5 Å². The van der Waals surface area contributed by atoms with Crippen LogP contribution in [0.1, 0.15) is 61.9 Å². The highest BCUT2D eigenvalue weighted by Gasteiger charge is 2.23. The first kappa shape index (κ1) is 18.5. The van der Waals surface area contributed by atoms with Gasteiger partial charge in [0.15, 0.2) is 0 Å². The van der Waals surface area contributed by atoms with Crippen LogP contribution in [0.15, 0.2) is 0 Å². The molecule has 0 saturated carbocycles. The van der Waals surface area contributed by atoms with Crippen LogP contribution in [0.4, 0.5) is 0 Å². The lowest BCUT2D eigenvalue weighted by molar-refractivity contribution is 0.115. The summed E-state index contributed by atoms with van der Waals surface area (Å²) in [6.07, 6.45) is 9.86. The molecule has 1 heterocycles. The number of aliphatic hydroxyl groups excluding tert-OH is 2. The third kappa shape index (κ3) is 7.31. The molecule has 4 N–H and O–H groups in total. The third-order valence-corrected chi connectivity index (χ3v) is 4.76. The van der Waals surface area contributed by atoms with E-state index in [0.29, 0.717) is 12.8 Å². The second kappa shape index (κ2) is 10.2. The molecule has 0 amide bonds. The Morgan fingerprint density at radius 2 is 1.52 bits per heavy atom. The largest absolute Gasteiger partial charge is 0.394 e. The second-order valence-corrected chi connectivity index (χ2v) is 6.93. The molecule has 122 valence electrons. The molecule has 0 unspecified atom stereocenters. The van der Waals surface area contributed by atoms with E-state index < -0.39 is 5.54 Å². The second-order valence-electron chi connectivity index (χ2n) is 5.79. The molecule has 0 spiro atoms. The first-order valence-electron chi connectivity index (χ1n) is 7.95. The summed E-state index contributed by atoms with van der Waals surface area (Å²) in [7, 11) is 0. The van der Waals surface area contributed by atoms with Crippen molar-refractivity contribution >= 4 is 11.3 Å². The molecule has 1 rings (SSSR count). The van der Waals surface area contributed by atoms with Crippen LogP contribution in [-0.4, -0.2) is 39.2 Å². The van der Waals surface area contributed by atoms with E-state index in [1.165, 1.54) is 38.5 Å². The Bertz CT molecular complexity index is 381. The predicted molar refractivity (Wildman–Crippen MR) is 86.4 cm³/mol. The lowest BCUT2D eigenvalue weighted by Crippen LogP contribution is -2.47. The highest BCUT2D eigenvalue weighted by atomic mass is 32.1. The van der Waals surface area contributed by atoms with Crippen molar-refractivity contribution in [2.75, 3.05) is 13.2 Å². The Labute approximate surface area is 131 Å². The van der Waals surface area contributed by atoms with Gasteiger partial charge in [0.1, 0.15) is 10.0 Å². The number of rotatable bonds is 12. The summed E-state index contributed by atoms with van der Waals surface area (Å²) >= 11 is 1.62. The van der Waals surface area contributed by atoms with E-state index in [2.05, 4.69) is 17.1 Å². The van der Waals surface area contributed by atoms with Crippen molar-refractivity contribution in [2.45, 2.75) is 70.3 Å². The van der Waals surface area contributed by atoms with E-state index >= 15 is 0 Å². The molecule has 0 bridgehead atoms. The molecule has 6 heteroatoms. The van der Waals surface area contributed by atoms with Crippen molar-refractivity contribution in [1.82, 2.24) is 10.2 Å². The zero-order valence-corrected chi connectivity index (χ0v) is 13.9. The maximum atomic E-state index is 9.16. The van der Waals surface area contributed by atoms with Gasteiger partial charge in [0.25, 0.3) is 0 Å². The molecule has 0 aromatic carbocycles. The monoisotopic (exact) mass is 315 g/mol. The summed E-state index contributed by atoms with van der Waals surface area (Å²) in [4.78, 5) is 0. The predicted octanol–water partition coefficient (Wildman–Crippen LogP) is 2.06. The smallest absolute Gasteiger partial charge is 0.117 e.